The molecule has 1 N–H and O–H groups in total. The Labute approximate surface area is 89.0 Å². The fourth-order valence-corrected chi connectivity index (χ4v) is 1.71. The van der Waals surface area contributed by atoms with Crippen LogP contribution in [0, 0.1) is 12.8 Å². The van der Waals surface area contributed by atoms with Gasteiger partial charge >= 0.3 is 5.69 Å². The Balaban J connectivity index is 3.10. The zero-order valence-electron chi connectivity index (χ0n) is 9.70. The summed E-state index contributed by atoms with van der Waals surface area (Å²) in [5.74, 6) is 0.527. The van der Waals surface area contributed by atoms with Gasteiger partial charge in [0, 0.05) is 17.8 Å². The fraction of sp³-hybridized carbons (Fsp3) is 0.636. The molecule has 0 radical (unpaired) electrons. The highest BCUT2D eigenvalue weighted by atomic mass is 16.2. The lowest BCUT2D eigenvalue weighted by Crippen LogP contribution is -2.32. The van der Waals surface area contributed by atoms with Crippen LogP contribution in [0.4, 0.5) is 0 Å². The Hall–Kier alpha value is -1.32. The van der Waals surface area contributed by atoms with Gasteiger partial charge in [-0.15, -0.1) is 0 Å². The molecule has 0 aliphatic carbocycles. The Morgan fingerprint density at radius 2 is 1.93 bits per heavy atom. The zero-order chi connectivity index (χ0) is 11.6. The molecule has 1 atom stereocenters. The number of aryl methyl sites for hydroxylation is 1. The molecule has 0 fully saturated rings. The van der Waals surface area contributed by atoms with Gasteiger partial charge in [0.05, 0.1) is 0 Å². The summed E-state index contributed by atoms with van der Waals surface area (Å²) in [6.07, 6.45) is 2.56. The molecule has 1 rings (SSSR count). The van der Waals surface area contributed by atoms with Gasteiger partial charge in [-0.25, -0.2) is 4.79 Å². The van der Waals surface area contributed by atoms with Gasteiger partial charge in [0.15, 0.2) is 0 Å². The minimum atomic E-state index is -0.321. The van der Waals surface area contributed by atoms with Gasteiger partial charge < -0.3 is 0 Å². The average Bonchev–Trinajstić information content (AvgIpc) is 2.09. The molecule has 0 saturated heterocycles. The highest BCUT2D eigenvalue weighted by Crippen LogP contribution is 2.14. The molecule has 0 aliphatic heterocycles. The normalized spacial score (nSPS) is 13.1. The van der Waals surface area contributed by atoms with Crippen molar-refractivity contribution in [1.29, 1.82) is 0 Å². The molecule has 0 bridgehead atoms. The second-order valence-electron chi connectivity index (χ2n) is 4.46. The van der Waals surface area contributed by atoms with E-state index in [1.165, 1.54) is 0 Å². The van der Waals surface area contributed by atoms with Crippen LogP contribution in [-0.2, 0) is 0 Å². The average molecular weight is 210 g/mol. The molecule has 1 aromatic rings. The van der Waals surface area contributed by atoms with Crippen molar-refractivity contribution in [2.24, 2.45) is 5.92 Å². The number of hydrogen-bond acceptors (Lipinski definition) is 2. The van der Waals surface area contributed by atoms with E-state index in [0.29, 0.717) is 11.5 Å². The van der Waals surface area contributed by atoms with Crippen LogP contribution in [0.1, 0.15) is 38.8 Å². The summed E-state index contributed by atoms with van der Waals surface area (Å²) in [6, 6.07) is 0.119. The van der Waals surface area contributed by atoms with Crippen LogP contribution in [0.25, 0.3) is 0 Å². The summed E-state index contributed by atoms with van der Waals surface area (Å²) in [4.78, 5) is 25.0. The van der Waals surface area contributed by atoms with E-state index in [4.69, 9.17) is 0 Å². The number of rotatable bonds is 3. The lowest BCUT2D eigenvalue weighted by atomic mass is 10.1. The smallest absolute Gasteiger partial charge is 0.298 e. The third-order valence-electron chi connectivity index (χ3n) is 2.43. The van der Waals surface area contributed by atoms with Gasteiger partial charge in [-0.05, 0) is 26.2 Å². The first-order valence-electron chi connectivity index (χ1n) is 5.24. The summed E-state index contributed by atoms with van der Waals surface area (Å²) in [6.45, 7) is 7.91. The van der Waals surface area contributed by atoms with E-state index in [-0.39, 0.29) is 17.3 Å². The summed E-state index contributed by atoms with van der Waals surface area (Å²) in [7, 11) is 0. The molecule has 15 heavy (non-hydrogen) atoms. The Morgan fingerprint density at radius 3 is 2.47 bits per heavy atom. The molecule has 4 heteroatoms. The van der Waals surface area contributed by atoms with Crippen LogP contribution >= 0.6 is 0 Å². The Bertz CT molecular complexity index is 443. The van der Waals surface area contributed by atoms with Crippen LogP contribution in [-0.4, -0.2) is 9.55 Å². The molecular formula is C11H18N2O2. The molecule has 0 amide bonds. The molecule has 1 aromatic heterocycles. The van der Waals surface area contributed by atoms with Crippen molar-refractivity contribution in [3.8, 4) is 0 Å². The Morgan fingerprint density at radius 1 is 1.33 bits per heavy atom. The van der Waals surface area contributed by atoms with Crippen molar-refractivity contribution in [3.05, 3.63) is 32.6 Å². The van der Waals surface area contributed by atoms with Crippen LogP contribution in [0.15, 0.2) is 15.8 Å². The number of nitrogens with one attached hydrogen (secondary N) is 1. The first-order chi connectivity index (χ1) is 6.91. The topological polar surface area (TPSA) is 54.9 Å². The summed E-state index contributed by atoms with van der Waals surface area (Å²) in [5.41, 5.74) is -0.0445. The van der Waals surface area contributed by atoms with Gasteiger partial charge in [0.2, 0.25) is 0 Å². The standard InChI is InChI=1S/C11H18N2O2/c1-7(2)5-9(4)13-6-8(3)10(14)12-11(13)15/h6-7,9H,5H2,1-4H3,(H,12,14,15). The minimum absolute atomic E-state index is 0.119. The van der Waals surface area contributed by atoms with Crippen LogP contribution < -0.4 is 11.2 Å². The van der Waals surface area contributed by atoms with Crippen molar-refractivity contribution in [3.63, 3.8) is 0 Å². The maximum absolute atomic E-state index is 11.5. The van der Waals surface area contributed by atoms with E-state index >= 15 is 0 Å². The van der Waals surface area contributed by atoms with Gasteiger partial charge in [0.1, 0.15) is 0 Å². The van der Waals surface area contributed by atoms with E-state index in [0.717, 1.165) is 6.42 Å². The molecule has 84 valence electrons. The number of hydrogen-bond donors (Lipinski definition) is 1. The number of aromatic nitrogens is 2. The quantitative estimate of drug-likeness (QED) is 0.821. The van der Waals surface area contributed by atoms with Crippen LogP contribution in [0.3, 0.4) is 0 Å². The summed E-state index contributed by atoms with van der Waals surface area (Å²) in [5, 5.41) is 0. The van der Waals surface area contributed by atoms with E-state index in [1.807, 2.05) is 6.92 Å². The van der Waals surface area contributed by atoms with E-state index in [9.17, 15) is 9.59 Å². The van der Waals surface area contributed by atoms with Crippen molar-refractivity contribution < 1.29 is 0 Å². The molecule has 1 unspecified atom stereocenters. The maximum atomic E-state index is 11.5. The van der Waals surface area contributed by atoms with Crippen molar-refractivity contribution in [1.82, 2.24) is 9.55 Å². The van der Waals surface area contributed by atoms with Gasteiger partial charge in [-0.3, -0.25) is 14.3 Å². The third-order valence-corrected chi connectivity index (χ3v) is 2.43. The lowest BCUT2D eigenvalue weighted by Gasteiger charge is -2.16. The fourth-order valence-electron chi connectivity index (χ4n) is 1.71. The Kier molecular flexibility index (Phi) is 3.50. The third kappa shape index (κ3) is 2.81. The molecule has 0 aromatic carbocycles. The maximum Gasteiger partial charge on any atom is 0.328 e. The first-order valence-corrected chi connectivity index (χ1v) is 5.24. The zero-order valence-corrected chi connectivity index (χ0v) is 9.70. The van der Waals surface area contributed by atoms with Gasteiger partial charge in [-0.2, -0.15) is 0 Å². The second-order valence-corrected chi connectivity index (χ2v) is 4.46. The molecule has 0 spiro atoms. The predicted molar refractivity (Wildman–Crippen MR) is 60.2 cm³/mol. The lowest BCUT2D eigenvalue weighted by molar-refractivity contribution is 0.412. The van der Waals surface area contributed by atoms with E-state index in [1.54, 1.807) is 17.7 Å². The highest BCUT2D eigenvalue weighted by molar-refractivity contribution is 5.01. The van der Waals surface area contributed by atoms with Crippen molar-refractivity contribution in [2.45, 2.75) is 40.2 Å². The molecular weight excluding hydrogens is 192 g/mol. The first kappa shape index (κ1) is 11.8. The van der Waals surface area contributed by atoms with E-state index < -0.39 is 0 Å². The molecule has 4 nitrogen and oxygen atoms in total. The van der Waals surface area contributed by atoms with Crippen molar-refractivity contribution >= 4 is 0 Å². The number of aromatic amines is 1. The van der Waals surface area contributed by atoms with E-state index in [2.05, 4.69) is 18.8 Å². The van der Waals surface area contributed by atoms with Gasteiger partial charge in [-0.1, -0.05) is 13.8 Å². The number of nitrogens with zero attached hydrogens (tertiary/aromatic N) is 1. The summed E-state index contributed by atoms with van der Waals surface area (Å²) >= 11 is 0. The van der Waals surface area contributed by atoms with Crippen molar-refractivity contribution in [2.75, 3.05) is 0 Å². The van der Waals surface area contributed by atoms with Crippen LogP contribution in [0.2, 0.25) is 0 Å². The molecule has 1 heterocycles. The SMILES string of the molecule is Cc1cn(C(C)CC(C)C)c(=O)[nH]c1=O. The largest absolute Gasteiger partial charge is 0.328 e. The second kappa shape index (κ2) is 4.47. The van der Waals surface area contributed by atoms with Crippen LogP contribution in [0.5, 0.6) is 0 Å². The number of H-pyrrole nitrogens is 1. The van der Waals surface area contributed by atoms with Gasteiger partial charge in [0.25, 0.3) is 5.56 Å². The highest BCUT2D eigenvalue weighted by Gasteiger charge is 2.10. The monoisotopic (exact) mass is 210 g/mol. The molecule has 0 aliphatic rings. The molecule has 0 saturated carbocycles. The summed E-state index contributed by atoms with van der Waals surface area (Å²) < 4.78 is 1.59. The minimum Gasteiger partial charge on any atom is -0.298 e. The predicted octanol–water partition coefficient (Wildman–Crippen LogP) is 1.45.